The van der Waals surface area contributed by atoms with Crippen LogP contribution in [0.5, 0.6) is 5.75 Å². The van der Waals surface area contributed by atoms with Gasteiger partial charge in [-0.05, 0) is 37.5 Å². The first-order valence-electron chi connectivity index (χ1n) is 8.68. The van der Waals surface area contributed by atoms with E-state index in [9.17, 15) is 9.59 Å². The molecule has 1 unspecified atom stereocenters. The molecule has 2 N–H and O–H groups in total. The number of hydrogen-bond acceptors (Lipinski definition) is 4. The summed E-state index contributed by atoms with van der Waals surface area (Å²) in [6.07, 6.45) is 2.33. The zero-order valence-electron chi connectivity index (χ0n) is 14.1. The first kappa shape index (κ1) is 16.8. The van der Waals surface area contributed by atoms with Crippen molar-refractivity contribution < 1.29 is 14.3 Å². The van der Waals surface area contributed by atoms with E-state index >= 15 is 0 Å². The van der Waals surface area contributed by atoms with Gasteiger partial charge in [0.05, 0.1) is 19.1 Å². The maximum Gasteiger partial charge on any atom is 0.237 e. The zero-order valence-corrected chi connectivity index (χ0v) is 14.1. The lowest BCUT2D eigenvalue weighted by molar-refractivity contribution is -0.134. The molecule has 3 rings (SSSR count). The van der Waals surface area contributed by atoms with Crippen molar-refractivity contribution in [2.24, 2.45) is 0 Å². The summed E-state index contributed by atoms with van der Waals surface area (Å²) in [4.78, 5) is 26.4. The number of carbonyl (C=O) groups excluding carboxylic acids is 2. The maximum atomic E-state index is 12.2. The van der Waals surface area contributed by atoms with Gasteiger partial charge in [-0.3, -0.25) is 14.5 Å². The lowest BCUT2D eigenvalue weighted by Gasteiger charge is -2.34. The van der Waals surface area contributed by atoms with E-state index in [1.165, 1.54) is 0 Å². The number of nitrogens with zero attached hydrogens (tertiary/aromatic N) is 1. The van der Waals surface area contributed by atoms with Gasteiger partial charge in [-0.2, -0.15) is 0 Å². The third-order valence-corrected chi connectivity index (χ3v) is 4.38. The number of rotatable bonds is 7. The largest absolute Gasteiger partial charge is 0.494 e. The molecule has 130 valence electrons. The summed E-state index contributed by atoms with van der Waals surface area (Å²) in [6, 6.07) is 7.83. The van der Waals surface area contributed by atoms with Crippen LogP contribution >= 0.6 is 0 Å². The highest BCUT2D eigenvalue weighted by molar-refractivity contribution is 5.89. The normalized spacial score (nSPS) is 21.2. The highest BCUT2D eigenvalue weighted by Gasteiger charge is 2.33. The quantitative estimate of drug-likeness (QED) is 0.784. The molecule has 1 saturated heterocycles. The molecule has 2 aliphatic rings. The first-order chi connectivity index (χ1) is 11.7. The number of amides is 2. The molecule has 1 aromatic carbocycles. The average molecular weight is 331 g/mol. The SMILES string of the molecule is CCOc1ccc(CN2CCNC(=O)C2CC(=O)NC2CC2)cc1. The molecule has 1 aliphatic heterocycles. The molecule has 1 heterocycles. The van der Waals surface area contributed by atoms with Crippen LogP contribution in [-0.2, 0) is 16.1 Å². The van der Waals surface area contributed by atoms with E-state index in [0.29, 0.717) is 25.7 Å². The third-order valence-electron chi connectivity index (χ3n) is 4.38. The molecule has 0 bridgehead atoms. The van der Waals surface area contributed by atoms with Crippen LogP contribution < -0.4 is 15.4 Å². The van der Waals surface area contributed by atoms with Crippen molar-refractivity contribution in [3.63, 3.8) is 0 Å². The standard InChI is InChI=1S/C18H25N3O3/c1-2-24-15-7-3-13(4-8-15)12-21-10-9-19-18(23)16(21)11-17(22)20-14-5-6-14/h3-4,7-8,14,16H,2,5-6,9-12H2,1H3,(H,19,23)(H,20,22). The van der Waals surface area contributed by atoms with E-state index in [0.717, 1.165) is 30.7 Å². The summed E-state index contributed by atoms with van der Waals surface area (Å²) in [7, 11) is 0. The van der Waals surface area contributed by atoms with E-state index in [1.54, 1.807) is 0 Å². The third kappa shape index (κ3) is 4.47. The number of carbonyl (C=O) groups is 2. The Kier molecular flexibility index (Phi) is 5.35. The van der Waals surface area contributed by atoms with Crippen molar-refractivity contribution in [2.75, 3.05) is 19.7 Å². The molecule has 6 heteroatoms. The molecule has 6 nitrogen and oxygen atoms in total. The second kappa shape index (κ2) is 7.66. The Morgan fingerprint density at radius 1 is 1.33 bits per heavy atom. The molecule has 2 amide bonds. The van der Waals surface area contributed by atoms with Gasteiger partial charge in [-0.1, -0.05) is 12.1 Å². The number of benzene rings is 1. The fourth-order valence-corrected chi connectivity index (χ4v) is 2.96. The number of hydrogen-bond donors (Lipinski definition) is 2. The van der Waals surface area contributed by atoms with Crippen LogP contribution in [0.3, 0.4) is 0 Å². The van der Waals surface area contributed by atoms with E-state index < -0.39 is 6.04 Å². The van der Waals surface area contributed by atoms with Gasteiger partial charge in [0.15, 0.2) is 0 Å². The summed E-state index contributed by atoms with van der Waals surface area (Å²) in [5.74, 6) is 0.757. The summed E-state index contributed by atoms with van der Waals surface area (Å²) >= 11 is 0. The van der Waals surface area contributed by atoms with Crippen LogP contribution in [0.15, 0.2) is 24.3 Å². The molecule has 0 spiro atoms. The molecule has 2 fully saturated rings. The Hall–Kier alpha value is -2.08. The highest BCUT2D eigenvalue weighted by atomic mass is 16.5. The summed E-state index contributed by atoms with van der Waals surface area (Å²) in [5, 5.41) is 5.83. The second-order valence-electron chi connectivity index (χ2n) is 6.40. The van der Waals surface area contributed by atoms with Crippen molar-refractivity contribution in [2.45, 2.75) is 44.8 Å². The molecule has 1 aliphatic carbocycles. The molecule has 1 aromatic rings. The summed E-state index contributed by atoms with van der Waals surface area (Å²) < 4.78 is 5.45. The molecule has 0 radical (unpaired) electrons. The van der Waals surface area contributed by atoms with E-state index in [2.05, 4.69) is 15.5 Å². The Bertz CT molecular complexity index is 584. The maximum absolute atomic E-state index is 12.2. The summed E-state index contributed by atoms with van der Waals surface area (Å²) in [6.45, 7) is 4.62. The smallest absolute Gasteiger partial charge is 0.237 e. The Labute approximate surface area is 142 Å². The summed E-state index contributed by atoms with van der Waals surface area (Å²) in [5.41, 5.74) is 1.11. The fraction of sp³-hybridized carbons (Fsp3) is 0.556. The van der Waals surface area contributed by atoms with Crippen LogP contribution in [-0.4, -0.2) is 48.5 Å². The molecule has 1 atom stereocenters. The van der Waals surface area contributed by atoms with Crippen molar-refractivity contribution in [1.29, 1.82) is 0 Å². The number of nitrogens with one attached hydrogen (secondary N) is 2. The fourth-order valence-electron chi connectivity index (χ4n) is 2.96. The predicted molar refractivity (Wildman–Crippen MR) is 90.6 cm³/mol. The number of ether oxygens (including phenoxy) is 1. The van der Waals surface area contributed by atoms with E-state index in [1.807, 2.05) is 31.2 Å². The lowest BCUT2D eigenvalue weighted by atomic mass is 10.1. The van der Waals surface area contributed by atoms with E-state index in [-0.39, 0.29) is 18.2 Å². The van der Waals surface area contributed by atoms with Crippen molar-refractivity contribution in [3.05, 3.63) is 29.8 Å². The first-order valence-corrected chi connectivity index (χ1v) is 8.68. The minimum absolute atomic E-state index is 0.0313. The minimum Gasteiger partial charge on any atom is -0.494 e. The predicted octanol–water partition coefficient (Wildman–Crippen LogP) is 1.05. The van der Waals surface area contributed by atoms with Gasteiger partial charge >= 0.3 is 0 Å². The van der Waals surface area contributed by atoms with Crippen LogP contribution in [0.4, 0.5) is 0 Å². The van der Waals surface area contributed by atoms with Gasteiger partial charge in [0.2, 0.25) is 11.8 Å². The Balaban J connectivity index is 1.61. The van der Waals surface area contributed by atoms with Crippen LogP contribution in [0.2, 0.25) is 0 Å². The van der Waals surface area contributed by atoms with Crippen molar-refractivity contribution in [1.82, 2.24) is 15.5 Å². The molecule has 0 aromatic heterocycles. The Morgan fingerprint density at radius 2 is 2.08 bits per heavy atom. The zero-order chi connectivity index (χ0) is 16.9. The van der Waals surface area contributed by atoms with Crippen LogP contribution in [0.1, 0.15) is 31.7 Å². The molecular weight excluding hydrogens is 306 g/mol. The molecule has 24 heavy (non-hydrogen) atoms. The van der Waals surface area contributed by atoms with Crippen LogP contribution in [0, 0.1) is 0 Å². The van der Waals surface area contributed by atoms with Crippen molar-refractivity contribution >= 4 is 11.8 Å². The molecule has 1 saturated carbocycles. The topological polar surface area (TPSA) is 70.7 Å². The van der Waals surface area contributed by atoms with E-state index in [4.69, 9.17) is 4.74 Å². The van der Waals surface area contributed by atoms with Gasteiger partial charge < -0.3 is 15.4 Å². The van der Waals surface area contributed by atoms with Crippen molar-refractivity contribution in [3.8, 4) is 5.75 Å². The second-order valence-corrected chi connectivity index (χ2v) is 6.40. The van der Waals surface area contributed by atoms with Crippen LogP contribution in [0.25, 0.3) is 0 Å². The van der Waals surface area contributed by atoms with Gasteiger partial charge in [0.25, 0.3) is 0 Å². The molecular formula is C18H25N3O3. The lowest BCUT2D eigenvalue weighted by Crippen LogP contribution is -2.56. The highest BCUT2D eigenvalue weighted by Crippen LogP contribution is 2.20. The minimum atomic E-state index is -0.399. The number of piperazine rings is 1. The van der Waals surface area contributed by atoms with Gasteiger partial charge in [0.1, 0.15) is 5.75 Å². The van der Waals surface area contributed by atoms with Gasteiger partial charge in [-0.25, -0.2) is 0 Å². The monoisotopic (exact) mass is 331 g/mol. The van der Waals surface area contributed by atoms with Gasteiger partial charge in [-0.15, -0.1) is 0 Å². The Morgan fingerprint density at radius 3 is 2.75 bits per heavy atom. The average Bonchev–Trinajstić information content (AvgIpc) is 3.37. The van der Waals surface area contributed by atoms with Gasteiger partial charge in [0, 0.05) is 25.7 Å².